The van der Waals surface area contributed by atoms with Gasteiger partial charge in [0.2, 0.25) is 0 Å². The van der Waals surface area contributed by atoms with Gasteiger partial charge < -0.3 is 5.73 Å². The average molecular weight is 241 g/mol. The van der Waals surface area contributed by atoms with Crippen LogP contribution in [0.5, 0.6) is 0 Å². The van der Waals surface area contributed by atoms with E-state index in [2.05, 4.69) is 37.5 Å². The SMILES string of the molecule is CCC(C)C(CN)N1CCN(C(C)CC)CC1. The lowest BCUT2D eigenvalue weighted by Crippen LogP contribution is -2.55. The lowest BCUT2D eigenvalue weighted by atomic mass is 9.97. The molecule has 0 aromatic rings. The molecule has 2 N–H and O–H groups in total. The molecule has 17 heavy (non-hydrogen) atoms. The van der Waals surface area contributed by atoms with Gasteiger partial charge in [0.25, 0.3) is 0 Å². The topological polar surface area (TPSA) is 32.5 Å². The van der Waals surface area contributed by atoms with E-state index in [4.69, 9.17) is 5.73 Å². The van der Waals surface area contributed by atoms with Gasteiger partial charge in [0.1, 0.15) is 0 Å². The Morgan fingerprint density at radius 3 is 1.88 bits per heavy atom. The van der Waals surface area contributed by atoms with Gasteiger partial charge in [-0.25, -0.2) is 0 Å². The number of nitrogens with zero attached hydrogens (tertiary/aromatic N) is 2. The van der Waals surface area contributed by atoms with Crippen molar-refractivity contribution in [3.63, 3.8) is 0 Å². The maximum Gasteiger partial charge on any atom is 0.0244 e. The molecule has 0 saturated carbocycles. The molecule has 0 spiro atoms. The zero-order valence-electron chi connectivity index (χ0n) is 12.2. The Balaban J connectivity index is 2.44. The second-order valence-corrected chi connectivity index (χ2v) is 5.52. The summed E-state index contributed by atoms with van der Waals surface area (Å²) in [6, 6.07) is 1.32. The predicted octanol–water partition coefficient (Wildman–Crippen LogP) is 1.78. The van der Waals surface area contributed by atoms with Crippen LogP contribution in [0.25, 0.3) is 0 Å². The van der Waals surface area contributed by atoms with Crippen molar-refractivity contribution in [1.82, 2.24) is 9.80 Å². The minimum absolute atomic E-state index is 0.582. The summed E-state index contributed by atoms with van der Waals surface area (Å²) in [6.45, 7) is 14.8. The van der Waals surface area contributed by atoms with Crippen molar-refractivity contribution in [3.05, 3.63) is 0 Å². The molecule has 1 aliphatic rings. The van der Waals surface area contributed by atoms with Crippen LogP contribution >= 0.6 is 0 Å². The molecule has 3 unspecified atom stereocenters. The number of rotatable bonds is 6. The Morgan fingerprint density at radius 1 is 0.941 bits per heavy atom. The molecule has 1 fully saturated rings. The summed E-state index contributed by atoms with van der Waals surface area (Å²) in [5.41, 5.74) is 5.95. The van der Waals surface area contributed by atoms with Gasteiger partial charge in [0.15, 0.2) is 0 Å². The molecule has 0 radical (unpaired) electrons. The van der Waals surface area contributed by atoms with Gasteiger partial charge >= 0.3 is 0 Å². The molecule has 1 saturated heterocycles. The molecule has 3 heteroatoms. The van der Waals surface area contributed by atoms with Crippen LogP contribution in [-0.2, 0) is 0 Å². The van der Waals surface area contributed by atoms with E-state index in [0.29, 0.717) is 6.04 Å². The zero-order chi connectivity index (χ0) is 12.8. The third-order valence-electron chi connectivity index (χ3n) is 4.57. The molecule has 1 aliphatic heterocycles. The molecular weight excluding hydrogens is 210 g/mol. The Morgan fingerprint density at radius 2 is 1.47 bits per heavy atom. The van der Waals surface area contributed by atoms with E-state index in [1.807, 2.05) is 0 Å². The fraction of sp³-hybridized carbons (Fsp3) is 1.00. The zero-order valence-corrected chi connectivity index (χ0v) is 12.2. The standard InChI is InChI=1S/C14H31N3/c1-5-12(3)14(11-15)17-9-7-16(8-10-17)13(4)6-2/h12-14H,5-11,15H2,1-4H3. The molecule has 102 valence electrons. The lowest BCUT2D eigenvalue weighted by Gasteiger charge is -2.42. The van der Waals surface area contributed by atoms with Crippen LogP contribution in [-0.4, -0.2) is 54.6 Å². The van der Waals surface area contributed by atoms with Gasteiger partial charge in [-0.2, -0.15) is 0 Å². The van der Waals surface area contributed by atoms with Gasteiger partial charge in [-0.1, -0.05) is 27.2 Å². The fourth-order valence-electron chi connectivity index (χ4n) is 2.78. The van der Waals surface area contributed by atoms with Gasteiger partial charge in [-0.15, -0.1) is 0 Å². The Hall–Kier alpha value is -0.120. The summed E-state index contributed by atoms with van der Waals surface area (Å²) in [7, 11) is 0. The minimum atomic E-state index is 0.582. The lowest BCUT2D eigenvalue weighted by molar-refractivity contribution is 0.0565. The molecule has 1 heterocycles. The maximum absolute atomic E-state index is 5.95. The maximum atomic E-state index is 5.95. The fourth-order valence-corrected chi connectivity index (χ4v) is 2.78. The molecular formula is C14H31N3. The first-order chi connectivity index (χ1) is 8.13. The molecule has 3 nitrogen and oxygen atoms in total. The van der Waals surface area contributed by atoms with Crippen LogP contribution in [0.3, 0.4) is 0 Å². The van der Waals surface area contributed by atoms with E-state index >= 15 is 0 Å². The second-order valence-electron chi connectivity index (χ2n) is 5.52. The first-order valence-corrected chi connectivity index (χ1v) is 7.32. The Labute approximate surface area is 107 Å². The van der Waals surface area contributed by atoms with E-state index in [1.54, 1.807) is 0 Å². The van der Waals surface area contributed by atoms with Crippen LogP contribution in [0.4, 0.5) is 0 Å². The minimum Gasteiger partial charge on any atom is -0.329 e. The van der Waals surface area contributed by atoms with Gasteiger partial charge in [0, 0.05) is 44.8 Å². The quantitative estimate of drug-likeness (QED) is 0.769. The van der Waals surface area contributed by atoms with Crippen molar-refractivity contribution in [3.8, 4) is 0 Å². The molecule has 0 aromatic carbocycles. The molecule has 0 aromatic heterocycles. The highest BCUT2D eigenvalue weighted by Crippen LogP contribution is 2.17. The van der Waals surface area contributed by atoms with Crippen molar-refractivity contribution in [2.75, 3.05) is 32.7 Å². The first-order valence-electron chi connectivity index (χ1n) is 7.32. The molecule has 3 atom stereocenters. The van der Waals surface area contributed by atoms with Crippen molar-refractivity contribution in [2.24, 2.45) is 11.7 Å². The summed E-state index contributed by atoms with van der Waals surface area (Å²) < 4.78 is 0. The van der Waals surface area contributed by atoms with Crippen molar-refractivity contribution in [1.29, 1.82) is 0 Å². The van der Waals surface area contributed by atoms with Gasteiger partial charge in [-0.05, 0) is 19.3 Å². The Bertz CT molecular complexity index is 200. The predicted molar refractivity (Wildman–Crippen MR) is 75.2 cm³/mol. The monoisotopic (exact) mass is 241 g/mol. The largest absolute Gasteiger partial charge is 0.329 e. The average Bonchev–Trinajstić information content (AvgIpc) is 2.39. The van der Waals surface area contributed by atoms with E-state index in [1.165, 1.54) is 39.0 Å². The summed E-state index contributed by atoms with van der Waals surface area (Å²) >= 11 is 0. The van der Waals surface area contributed by atoms with E-state index in [9.17, 15) is 0 Å². The summed E-state index contributed by atoms with van der Waals surface area (Å²) in [6.07, 6.45) is 2.49. The Kier molecular flexibility index (Phi) is 6.45. The highest BCUT2D eigenvalue weighted by molar-refractivity contribution is 4.83. The molecule has 0 aliphatic carbocycles. The number of piperazine rings is 1. The molecule has 1 rings (SSSR count). The van der Waals surface area contributed by atoms with Crippen LogP contribution in [0.2, 0.25) is 0 Å². The third kappa shape index (κ3) is 3.94. The van der Waals surface area contributed by atoms with Crippen molar-refractivity contribution in [2.45, 2.75) is 52.6 Å². The van der Waals surface area contributed by atoms with E-state index in [-0.39, 0.29) is 0 Å². The highest BCUT2D eigenvalue weighted by atomic mass is 15.3. The van der Waals surface area contributed by atoms with Crippen molar-refractivity contribution >= 4 is 0 Å². The number of hydrogen-bond donors (Lipinski definition) is 1. The van der Waals surface area contributed by atoms with Crippen LogP contribution < -0.4 is 5.73 Å². The van der Waals surface area contributed by atoms with Crippen molar-refractivity contribution < 1.29 is 0 Å². The summed E-state index contributed by atoms with van der Waals surface area (Å²) in [4.78, 5) is 5.22. The first kappa shape index (κ1) is 14.9. The normalized spacial score (nSPS) is 24.5. The second kappa shape index (κ2) is 7.34. The smallest absolute Gasteiger partial charge is 0.0244 e. The van der Waals surface area contributed by atoms with Gasteiger partial charge in [0.05, 0.1) is 0 Å². The number of hydrogen-bond acceptors (Lipinski definition) is 3. The van der Waals surface area contributed by atoms with E-state index in [0.717, 1.165) is 18.5 Å². The number of nitrogens with two attached hydrogens (primary N) is 1. The third-order valence-corrected chi connectivity index (χ3v) is 4.57. The molecule has 0 bridgehead atoms. The van der Waals surface area contributed by atoms with E-state index < -0.39 is 0 Å². The van der Waals surface area contributed by atoms with Gasteiger partial charge in [-0.3, -0.25) is 9.80 Å². The molecule has 0 amide bonds. The van der Waals surface area contributed by atoms with Crippen LogP contribution in [0, 0.1) is 5.92 Å². The van der Waals surface area contributed by atoms with Crippen LogP contribution in [0.15, 0.2) is 0 Å². The highest BCUT2D eigenvalue weighted by Gasteiger charge is 2.27. The summed E-state index contributed by atoms with van der Waals surface area (Å²) in [5.74, 6) is 0.718. The summed E-state index contributed by atoms with van der Waals surface area (Å²) in [5, 5.41) is 0. The van der Waals surface area contributed by atoms with Crippen LogP contribution in [0.1, 0.15) is 40.5 Å².